The van der Waals surface area contributed by atoms with Crippen LogP contribution in [0.2, 0.25) is 0 Å². The molecule has 0 N–H and O–H groups in total. The number of esters is 1. The van der Waals surface area contributed by atoms with Gasteiger partial charge in [0.1, 0.15) is 5.75 Å². The Morgan fingerprint density at radius 2 is 1.76 bits per heavy atom. The van der Waals surface area contributed by atoms with Crippen LogP contribution in [0.3, 0.4) is 0 Å². The number of carbonyl (C=O) groups is 2. The van der Waals surface area contributed by atoms with E-state index in [1.807, 2.05) is 20.8 Å². The van der Waals surface area contributed by atoms with Crippen LogP contribution in [-0.2, 0) is 9.53 Å². The number of hydrogen-bond acceptors (Lipinski definition) is 4. The minimum atomic E-state index is -1.03. The third-order valence-electron chi connectivity index (χ3n) is 2.58. The van der Waals surface area contributed by atoms with Crippen molar-refractivity contribution < 1.29 is 19.1 Å². The van der Waals surface area contributed by atoms with Gasteiger partial charge < -0.3 is 9.47 Å². The quantitative estimate of drug-likeness (QED) is 0.264. The molecule has 0 bridgehead atoms. The van der Waals surface area contributed by atoms with Crippen molar-refractivity contribution in [2.24, 2.45) is 0 Å². The van der Waals surface area contributed by atoms with E-state index in [9.17, 15) is 9.59 Å². The summed E-state index contributed by atoms with van der Waals surface area (Å²) >= 11 is 0. The van der Waals surface area contributed by atoms with E-state index in [2.05, 4.69) is 10.8 Å². The molecule has 112 valence electrons. The number of carbonyl (C=O) groups excluding carboxylic acids is 2. The van der Waals surface area contributed by atoms with Crippen LogP contribution in [0.25, 0.3) is 0 Å². The molecule has 0 radical (unpaired) electrons. The SMILES string of the molecule is CC(C)=CCC/C(C)=C/C(=O)OC(=O)Oc1ccccc1. The fraction of sp³-hybridized carbons (Fsp3) is 0.294. The van der Waals surface area contributed by atoms with Crippen molar-refractivity contribution in [2.75, 3.05) is 0 Å². The van der Waals surface area contributed by atoms with Gasteiger partial charge in [-0.1, -0.05) is 35.4 Å². The van der Waals surface area contributed by atoms with Crippen molar-refractivity contribution in [2.45, 2.75) is 33.6 Å². The van der Waals surface area contributed by atoms with Gasteiger partial charge in [-0.05, 0) is 45.7 Å². The first-order chi connectivity index (χ1) is 9.97. The maximum Gasteiger partial charge on any atom is 0.521 e. The van der Waals surface area contributed by atoms with Crippen molar-refractivity contribution >= 4 is 12.1 Å². The molecule has 0 aliphatic heterocycles. The normalized spacial score (nSPS) is 10.7. The molecule has 0 amide bonds. The van der Waals surface area contributed by atoms with E-state index in [4.69, 9.17) is 4.74 Å². The summed E-state index contributed by atoms with van der Waals surface area (Å²) in [5.41, 5.74) is 2.09. The predicted molar refractivity (Wildman–Crippen MR) is 81.0 cm³/mol. The maximum atomic E-state index is 11.5. The van der Waals surface area contributed by atoms with E-state index < -0.39 is 12.1 Å². The van der Waals surface area contributed by atoms with Gasteiger partial charge >= 0.3 is 12.1 Å². The zero-order valence-electron chi connectivity index (χ0n) is 12.6. The second-order valence-corrected chi connectivity index (χ2v) is 4.90. The van der Waals surface area contributed by atoms with Gasteiger partial charge in [0.2, 0.25) is 0 Å². The molecule has 0 spiro atoms. The van der Waals surface area contributed by atoms with Crippen molar-refractivity contribution in [1.82, 2.24) is 0 Å². The van der Waals surface area contributed by atoms with Gasteiger partial charge in [-0.15, -0.1) is 0 Å². The minimum absolute atomic E-state index is 0.333. The summed E-state index contributed by atoms with van der Waals surface area (Å²) in [6.45, 7) is 5.86. The molecule has 0 aliphatic carbocycles. The van der Waals surface area contributed by atoms with Crippen LogP contribution in [-0.4, -0.2) is 12.1 Å². The van der Waals surface area contributed by atoms with E-state index in [-0.39, 0.29) is 0 Å². The summed E-state index contributed by atoms with van der Waals surface area (Å²) in [5, 5.41) is 0. The standard InChI is InChI=1S/C17H20O4/c1-13(2)8-7-9-14(3)12-16(18)21-17(19)20-15-10-5-4-6-11-15/h4-6,8,10-12H,7,9H2,1-3H3/b14-12+. The summed E-state index contributed by atoms with van der Waals surface area (Å²) in [5.74, 6) is -0.384. The Hall–Kier alpha value is -2.36. The highest BCUT2D eigenvalue weighted by Gasteiger charge is 2.10. The number of hydrogen-bond donors (Lipinski definition) is 0. The third-order valence-corrected chi connectivity index (χ3v) is 2.58. The van der Waals surface area contributed by atoms with Gasteiger partial charge in [-0.2, -0.15) is 0 Å². The molecule has 21 heavy (non-hydrogen) atoms. The van der Waals surface area contributed by atoms with Crippen molar-refractivity contribution in [1.29, 1.82) is 0 Å². The lowest BCUT2D eigenvalue weighted by Crippen LogP contribution is -2.14. The average molecular weight is 288 g/mol. The first kappa shape index (κ1) is 16.7. The van der Waals surface area contributed by atoms with Gasteiger partial charge in [0.15, 0.2) is 0 Å². The van der Waals surface area contributed by atoms with Crippen LogP contribution in [0.5, 0.6) is 5.75 Å². The summed E-state index contributed by atoms with van der Waals surface area (Å²) in [4.78, 5) is 22.9. The lowest BCUT2D eigenvalue weighted by atomic mass is 10.1. The lowest BCUT2D eigenvalue weighted by Gasteiger charge is -2.03. The summed E-state index contributed by atoms with van der Waals surface area (Å²) < 4.78 is 9.42. The Labute approximate surface area is 125 Å². The van der Waals surface area contributed by atoms with Gasteiger partial charge in [-0.3, -0.25) is 0 Å². The second-order valence-electron chi connectivity index (χ2n) is 4.90. The number of ether oxygens (including phenoxy) is 2. The number of para-hydroxylation sites is 1. The van der Waals surface area contributed by atoms with Gasteiger partial charge in [0, 0.05) is 6.08 Å². The molecule has 0 saturated carbocycles. The maximum absolute atomic E-state index is 11.5. The Kier molecular flexibility index (Phi) is 6.95. The van der Waals surface area contributed by atoms with Crippen molar-refractivity contribution in [3.05, 3.63) is 53.6 Å². The molecule has 0 heterocycles. The van der Waals surface area contributed by atoms with E-state index >= 15 is 0 Å². The smallest absolute Gasteiger partial charge is 0.395 e. The first-order valence-electron chi connectivity index (χ1n) is 6.76. The van der Waals surface area contributed by atoms with E-state index in [1.165, 1.54) is 11.6 Å². The summed E-state index contributed by atoms with van der Waals surface area (Å²) in [6.07, 6.45) is 3.97. The monoisotopic (exact) mass is 288 g/mol. The summed E-state index contributed by atoms with van der Waals surface area (Å²) in [6, 6.07) is 8.44. The first-order valence-corrected chi connectivity index (χ1v) is 6.76. The zero-order chi connectivity index (χ0) is 15.7. The molecule has 0 aromatic heterocycles. The van der Waals surface area contributed by atoms with Crippen LogP contribution in [0, 0.1) is 0 Å². The molecular weight excluding hydrogens is 268 g/mol. The van der Waals surface area contributed by atoms with Crippen LogP contribution >= 0.6 is 0 Å². The molecular formula is C17H20O4. The number of rotatable bonds is 5. The van der Waals surface area contributed by atoms with E-state index in [0.29, 0.717) is 5.75 Å². The molecule has 0 saturated heterocycles. The molecule has 0 aliphatic rings. The Bertz CT molecular complexity index is 537. The van der Waals surface area contributed by atoms with Gasteiger partial charge in [0.25, 0.3) is 0 Å². The summed E-state index contributed by atoms with van der Waals surface area (Å²) in [7, 11) is 0. The Morgan fingerprint density at radius 1 is 1.10 bits per heavy atom. The molecule has 1 aromatic rings. The van der Waals surface area contributed by atoms with E-state index in [0.717, 1.165) is 18.4 Å². The van der Waals surface area contributed by atoms with Crippen LogP contribution in [0.4, 0.5) is 4.79 Å². The fourth-order valence-corrected chi connectivity index (χ4v) is 1.58. The van der Waals surface area contributed by atoms with Crippen molar-refractivity contribution in [3.63, 3.8) is 0 Å². The molecule has 4 heteroatoms. The predicted octanol–water partition coefficient (Wildman–Crippen LogP) is 4.42. The largest absolute Gasteiger partial charge is 0.521 e. The van der Waals surface area contributed by atoms with E-state index in [1.54, 1.807) is 30.3 Å². The zero-order valence-corrected chi connectivity index (χ0v) is 12.6. The van der Waals surface area contributed by atoms with Crippen LogP contribution in [0.15, 0.2) is 53.6 Å². The Balaban J connectivity index is 2.41. The average Bonchev–Trinajstić information content (AvgIpc) is 2.38. The minimum Gasteiger partial charge on any atom is -0.395 e. The third kappa shape index (κ3) is 7.72. The molecule has 1 aromatic carbocycles. The highest BCUT2D eigenvalue weighted by molar-refractivity contribution is 5.90. The van der Waals surface area contributed by atoms with Crippen LogP contribution < -0.4 is 4.74 Å². The molecule has 0 fully saturated rings. The van der Waals surface area contributed by atoms with Gasteiger partial charge in [-0.25, -0.2) is 9.59 Å². The highest BCUT2D eigenvalue weighted by Crippen LogP contribution is 2.10. The lowest BCUT2D eigenvalue weighted by molar-refractivity contribution is -0.133. The highest BCUT2D eigenvalue weighted by atomic mass is 16.7. The van der Waals surface area contributed by atoms with Crippen LogP contribution in [0.1, 0.15) is 33.6 Å². The molecule has 0 unspecified atom stereocenters. The molecule has 4 nitrogen and oxygen atoms in total. The van der Waals surface area contributed by atoms with Gasteiger partial charge in [0.05, 0.1) is 0 Å². The number of allylic oxidation sites excluding steroid dienone is 3. The number of benzene rings is 1. The topological polar surface area (TPSA) is 52.6 Å². The Morgan fingerprint density at radius 3 is 2.38 bits per heavy atom. The fourth-order valence-electron chi connectivity index (χ4n) is 1.58. The molecule has 0 atom stereocenters. The molecule has 1 rings (SSSR count). The van der Waals surface area contributed by atoms with Crippen molar-refractivity contribution in [3.8, 4) is 5.75 Å². The second kappa shape index (κ2) is 8.74.